The van der Waals surface area contributed by atoms with E-state index in [1.807, 2.05) is 6.92 Å². The monoisotopic (exact) mass is 405 g/mol. The third-order valence-electron chi connectivity index (χ3n) is 3.79. The van der Waals surface area contributed by atoms with Crippen LogP contribution in [0.15, 0.2) is 36.4 Å². The minimum atomic E-state index is -0.326. The van der Waals surface area contributed by atoms with Gasteiger partial charge in [0.15, 0.2) is 11.5 Å². The lowest BCUT2D eigenvalue weighted by Crippen LogP contribution is -2.09. The van der Waals surface area contributed by atoms with E-state index in [1.54, 1.807) is 50.6 Å². The highest BCUT2D eigenvalue weighted by molar-refractivity contribution is 6.32. The Morgan fingerprint density at radius 3 is 2.46 bits per heavy atom. The summed E-state index contributed by atoms with van der Waals surface area (Å²) in [5.41, 5.74) is 1.22. The van der Waals surface area contributed by atoms with Gasteiger partial charge in [-0.2, -0.15) is 0 Å². The molecule has 0 spiro atoms. The van der Waals surface area contributed by atoms with E-state index >= 15 is 0 Å². The fourth-order valence-electron chi connectivity index (χ4n) is 2.44. The Bertz CT molecular complexity index is 851. The maximum atomic E-state index is 12.3. The van der Waals surface area contributed by atoms with Crippen molar-refractivity contribution in [3.05, 3.63) is 47.0 Å². The minimum Gasteiger partial charge on any atom is -0.497 e. The van der Waals surface area contributed by atoms with Gasteiger partial charge in [-0.3, -0.25) is 4.79 Å². The molecule has 7 heteroatoms. The van der Waals surface area contributed by atoms with Gasteiger partial charge in [0, 0.05) is 12.1 Å². The van der Waals surface area contributed by atoms with E-state index in [9.17, 15) is 4.79 Å². The van der Waals surface area contributed by atoms with Crippen molar-refractivity contribution in [3.8, 4) is 23.0 Å². The van der Waals surface area contributed by atoms with Crippen molar-refractivity contribution >= 4 is 29.3 Å². The number of methoxy groups -OCH3 is 3. The van der Waals surface area contributed by atoms with Crippen LogP contribution in [0.5, 0.6) is 23.0 Å². The Labute approximate surface area is 170 Å². The number of carbonyl (C=O) groups is 1. The highest BCUT2D eigenvalue weighted by Gasteiger charge is 2.12. The molecule has 6 nitrogen and oxygen atoms in total. The number of anilines is 1. The lowest BCUT2D eigenvalue weighted by molar-refractivity contribution is -0.111. The predicted octanol–water partition coefficient (Wildman–Crippen LogP) is 4.81. The van der Waals surface area contributed by atoms with Gasteiger partial charge in [0.25, 0.3) is 0 Å². The second-order valence-corrected chi connectivity index (χ2v) is 6.18. The van der Waals surface area contributed by atoms with E-state index in [1.165, 1.54) is 13.2 Å². The van der Waals surface area contributed by atoms with Crippen molar-refractivity contribution < 1.29 is 23.7 Å². The first-order valence-corrected chi connectivity index (χ1v) is 9.11. The first-order valence-electron chi connectivity index (χ1n) is 8.73. The Kier molecular flexibility index (Phi) is 8.02. The Morgan fingerprint density at radius 2 is 1.82 bits per heavy atom. The molecule has 0 atom stereocenters. The summed E-state index contributed by atoms with van der Waals surface area (Å²) < 4.78 is 21.4. The number of nitrogens with one attached hydrogen (secondary N) is 1. The molecule has 0 bridgehead atoms. The van der Waals surface area contributed by atoms with Crippen LogP contribution in [0, 0.1) is 0 Å². The van der Waals surface area contributed by atoms with Crippen molar-refractivity contribution in [3.63, 3.8) is 0 Å². The SMILES string of the molecule is CCCOc1c(Cl)cc(/C=C/C(=O)Nc2cc(OC)ccc2OC)cc1OC. The van der Waals surface area contributed by atoms with Gasteiger partial charge >= 0.3 is 0 Å². The van der Waals surface area contributed by atoms with Crippen molar-refractivity contribution in [1.29, 1.82) is 0 Å². The molecule has 150 valence electrons. The standard InChI is InChI=1S/C21H24ClNO5/c1-5-10-28-21-16(22)11-14(12-19(21)27-4)6-9-20(24)23-17-13-15(25-2)7-8-18(17)26-3/h6-9,11-13H,5,10H2,1-4H3,(H,23,24)/b9-6+. The van der Waals surface area contributed by atoms with Crippen LogP contribution in [0.25, 0.3) is 6.08 Å². The summed E-state index contributed by atoms with van der Waals surface area (Å²) in [5.74, 6) is 1.82. The molecule has 0 aliphatic heterocycles. The largest absolute Gasteiger partial charge is 0.497 e. The van der Waals surface area contributed by atoms with Crippen LogP contribution in [0.2, 0.25) is 5.02 Å². The van der Waals surface area contributed by atoms with Crippen LogP contribution in [-0.4, -0.2) is 33.8 Å². The third-order valence-corrected chi connectivity index (χ3v) is 4.07. The van der Waals surface area contributed by atoms with E-state index in [0.717, 1.165) is 6.42 Å². The molecule has 1 amide bonds. The maximum absolute atomic E-state index is 12.3. The summed E-state index contributed by atoms with van der Waals surface area (Å²) in [6, 6.07) is 8.63. The number of ether oxygens (including phenoxy) is 4. The molecule has 0 aromatic heterocycles. The van der Waals surface area contributed by atoms with E-state index < -0.39 is 0 Å². The minimum absolute atomic E-state index is 0.326. The number of benzene rings is 2. The van der Waals surface area contributed by atoms with Gasteiger partial charge in [0.2, 0.25) is 5.91 Å². The average molecular weight is 406 g/mol. The van der Waals surface area contributed by atoms with Crippen LogP contribution in [0.1, 0.15) is 18.9 Å². The molecule has 0 radical (unpaired) electrons. The molecule has 0 aliphatic rings. The first-order chi connectivity index (χ1) is 13.5. The number of amides is 1. The zero-order chi connectivity index (χ0) is 20.5. The van der Waals surface area contributed by atoms with Gasteiger partial charge in [0.1, 0.15) is 11.5 Å². The number of hydrogen-bond donors (Lipinski definition) is 1. The number of halogens is 1. The van der Waals surface area contributed by atoms with Crippen molar-refractivity contribution in [2.45, 2.75) is 13.3 Å². The van der Waals surface area contributed by atoms with E-state index in [4.69, 9.17) is 30.5 Å². The molecule has 0 heterocycles. The molecule has 0 saturated carbocycles. The average Bonchev–Trinajstić information content (AvgIpc) is 2.70. The Morgan fingerprint density at radius 1 is 1.07 bits per heavy atom. The van der Waals surface area contributed by atoms with E-state index in [2.05, 4.69) is 5.32 Å². The molecule has 28 heavy (non-hydrogen) atoms. The fraction of sp³-hybridized carbons (Fsp3) is 0.286. The molecule has 2 aromatic rings. The quantitative estimate of drug-likeness (QED) is 0.606. The summed E-state index contributed by atoms with van der Waals surface area (Å²) in [4.78, 5) is 12.3. The number of rotatable bonds is 9. The lowest BCUT2D eigenvalue weighted by Gasteiger charge is -2.13. The fourth-order valence-corrected chi connectivity index (χ4v) is 2.71. The molecule has 2 aromatic carbocycles. The summed E-state index contributed by atoms with van der Waals surface area (Å²) in [5, 5.41) is 3.19. The highest BCUT2D eigenvalue weighted by Crippen LogP contribution is 2.37. The van der Waals surface area contributed by atoms with Crippen LogP contribution < -0.4 is 24.3 Å². The van der Waals surface area contributed by atoms with E-state index in [-0.39, 0.29) is 5.91 Å². The predicted molar refractivity (Wildman–Crippen MR) is 111 cm³/mol. The normalized spacial score (nSPS) is 10.6. The molecule has 0 aliphatic carbocycles. The summed E-state index contributed by atoms with van der Waals surface area (Å²) in [6.45, 7) is 2.55. The van der Waals surface area contributed by atoms with Crippen molar-refractivity contribution in [2.24, 2.45) is 0 Å². The zero-order valence-electron chi connectivity index (χ0n) is 16.4. The van der Waals surface area contributed by atoms with Gasteiger partial charge in [-0.05, 0) is 42.3 Å². The maximum Gasteiger partial charge on any atom is 0.248 e. The molecular formula is C21H24ClNO5. The van der Waals surface area contributed by atoms with Crippen LogP contribution in [0.3, 0.4) is 0 Å². The molecular weight excluding hydrogens is 382 g/mol. The summed E-state index contributed by atoms with van der Waals surface area (Å²) >= 11 is 6.30. The molecule has 0 unspecified atom stereocenters. The van der Waals surface area contributed by atoms with Crippen molar-refractivity contribution in [1.82, 2.24) is 0 Å². The van der Waals surface area contributed by atoms with Crippen LogP contribution >= 0.6 is 11.6 Å². The van der Waals surface area contributed by atoms with Crippen LogP contribution in [-0.2, 0) is 4.79 Å². The second-order valence-electron chi connectivity index (χ2n) is 5.77. The Balaban J connectivity index is 2.17. The van der Waals surface area contributed by atoms with Gasteiger partial charge in [-0.1, -0.05) is 18.5 Å². The Hall–Kier alpha value is -2.86. The van der Waals surface area contributed by atoms with E-state index in [0.29, 0.717) is 45.9 Å². The molecule has 2 rings (SSSR count). The van der Waals surface area contributed by atoms with Gasteiger partial charge < -0.3 is 24.3 Å². The van der Waals surface area contributed by atoms with Crippen LogP contribution in [0.4, 0.5) is 5.69 Å². The van der Waals surface area contributed by atoms with Crippen molar-refractivity contribution in [2.75, 3.05) is 33.3 Å². The first kappa shape index (κ1) is 21.4. The summed E-state index contributed by atoms with van der Waals surface area (Å²) in [7, 11) is 4.63. The lowest BCUT2D eigenvalue weighted by atomic mass is 10.2. The third kappa shape index (κ3) is 5.57. The molecule has 0 fully saturated rings. The summed E-state index contributed by atoms with van der Waals surface area (Å²) in [6.07, 6.45) is 3.89. The topological polar surface area (TPSA) is 66.0 Å². The van der Waals surface area contributed by atoms with Gasteiger partial charge in [-0.25, -0.2) is 0 Å². The second kappa shape index (κ2) is 10.5. The number of carbonyl (C=O) groups excluding carboxylic acids is 1. The van der Waals surface area contributed by atoms with Gasteiger partial charge in [-0.15, -0.1) is 0 Å². The number of hydrogen-bond acceptors (Lipinski definition) is 5. The smallest absolute Gasteiger partial charge is 0.248 e. The highest BCUT2D eigenvalue weighted by atomic mass is 35.5. The van der Waals surface area contributed by atoms with Gasteiger partial charge in [0.05, 0.1) is 38.6 Å². The molecule has 1 N–H and O–H groups in total. The molecule has 0 saturated heterocycles. The zero-order valence-corrected chi connectivity index (χ0v) is 17.1.